The standard InChI is InChI=1S/C16H27BN2O2/c1-8-19(9-2)14-12(3)10-13(11-18-14)17-20-15(4,5)16(6,7)21-17/h10-11H,8-9H2,1-7H3. The number of hydrogen-bond donors (Lipinski definition) is 0. The molecule has 1 fully saturated rings. The largest absolute Gasteiger partial charge is 0.496 e. The Morgan fingerprint density at radius 3 is 2.05 bits per heavy atom. The highest BCUT2D eigenvalue weighted by atomic mass is 16.7. The van der Waals surface area contributed by atoms with E-state index < -0.39 is 0 Å². The summed E-state index contributed by atoms with van der Waals surface area (Å²) in [5.41, 5.74) is 1.51. The number of aromatic nitrogens is 1. The molecule has 1 aliphatic rings. The van der Waals surface area contributed by atoms with E-state index in [0.29, 0.717) is 0 Å². The van der Waals surface area contributed by atoms with Gasteiger partial charge in [0.15, 0.2) is 0 Å². The van der Waals surface area contributed by atoms with Gasteiger partial charge in [0.05, 0.1) is 11.2 Å². The molecular weight excluding hydrogens is 263 g/mol. The maximum atomic E-state index is 6.08. The molecular formula is C16H27BN2O2. The lowest BCUT2D eigenvalue weighted by Gasteiger charge is -2.32. The van der Waals surface area contributed by atoms with Crippen molar-refractivity contribution in [2.24, 2.45) is 0 Å². The van der Waals surface area contributed by atoms with Crippen LogP contribution in [0.5, 0.6) is 0 Å². The number of nitrogens with zero attached hydrogens (tertiary/aromatic N) is 2. The SMILES string of the molecule is CCN(CC)c1ncc(B2OC(C)(C)C(C)(C)O2)cc1C. The van der Waals surface area contributed by atoms with Crippen LogP contribution in [0.25, 0.3) is 0 Å². The van der Waals surface area contributed by atoms with E-state index in [-0.39, 0.29) is 18.3 Å². The lowest BCUT2D eigenvalue weighted by atomic mass is 9.79. The predicted molar refractivity (Wildman–Crippen MR) is 88.3 cm³/mol. The fourth-order valence-electron chi connectivity index (χ4n) is 2.55. The molecule has 21 heavy (non-hydrogen) atoms. The van der Waals surface area contributed by atoms with Gasteiger partial charge >= 0.3 is 7.12 Å². The van der Waals surface area contributed by atoms with Crippen LogP contribution in [0.15, 0.2) is 12.3 Å². The lowest BCUT2D eigenvalue weighted by Crippen LogP contribution is -2.41. The minimum Gasteiger partial charge on any atom is -0.399 e. The van der Waals surface area contributed by atoms with E-state index in [1.807, 2.05) is 6.20 Å². The van der Waals surface area contributed by atoms with Gasteiger partial charge in [0.25, 0.3) is 0 Å². The molecule has 0 atom stereocenters. The van der Waals surface area contributed by atoms with Crippen molar-refractivity contribution in [2.75, 3.05) is 18.0 Å². The maximum Gasteiger partial charge on any atom is 0.496 e. The first-order valence-corrected chi connectivity index (χ1v) is 7.79. The van der Waals surface area contributed by atoms with Gasteiger partial charge in [-0.15, -0.1) is 0 Å². The zero-order valence-corrected chi connectivity index (χ0v) is 14.4. The van der Waals surface area contributed by atoms with E-state index in [4.69, 9.17) is 9.31 Å². The Kier molecular flexibility index (Phi) is 4.36. The summed E-state index contributed by atoms with van der Waals surface area (Å²) in [4.78, 5) is 6.88. The van der Waals surface area contributed by atoms with E-state index in [0.717, 1.165) is 29.9 Å². The second kappa shape index (κ2) is 5.62. The van der Waals surface area contributed by atoms with Gasteiger partial charge in [-0.25, -0.2) is 4.98 Å². The van der Waals surface area contributed by atoms with Crippen molar-refractivity contribution < 1.29 is 9.31 Å². The first-order valence-electron chi connectivity index (χ1n) is 7.79. The predicted octanol–water partition coefficient (Wildman–Crippen LogP) is 2.54. The zero-order chi connectivity index (χ0) is 15.8. The highest BCUT2D eigenvalue weighted by molar-refractivity contribution is 6.62. The van der Waals surface area contributed by atoms with Crippen molar-refractivity contribution in [1.29, 1.82) is 0 Å². The molecule has 0 radical (unpaired) electrons. The van der Waals surface area contributed by atoms with Crippen molar-refractivity contribution in [3.8, 4) is 0 Å². The minimum atomic E-state index is -0.341. The van der Waals surface area contributed by atoms with Crippen molar-refractivity contribution in [3.05, 3.63) is 17.8 Å². The average molecular weight is 290 g/mol. The fraction of sp³-hybridized carbons (Fsp3) is 0.688. The molecule has 1 aromatic rings. The van der Waals surface area contributed by atoms with Gasteiger partial charge < -0.3 is 14.2 Å². The number of anilines is 1. The van der Waals surface area contributed by atoms with Gasteiger partial charge in [0.2, 0.25) is 0 Å². The summed E-state index contributed by atoms with van der Waals surface area (Å²) in [6.07, 6.45) is 1.88. The highest BCUT2D eigenvalue weighted by Gasteiger charge is 2.51. The molecule has 0 saturated carbocycles. The molecule has 0 N–H and O–H groups in total. The van der Waals surface area contributed by atoms with E-state index >= 15 is 0 Å². The molecule has 1 saturated heterocycles. The van der Waals surface area contributed by atoms with Crippen LogP contribution >= 0.6 is 0 Å². The zero-order valence-electron chi connectivity index (χ0n) is 14.4. The van der Waals surface area contributed by atoms with Crippen LogP contribution in [0.4, 0.5) is 5.82 Å². The van der Waals surface area contributed by atoms with Gasteiger partial charge in [-0.3, -0.25) is 0 Å². The van der Waals surface area contributed by atoms with Gasteiger partial charge in [0.1, 0.15) is 5.82 Å². The molecule has 0 amide bonds. The second-order valence-electron chi connectivity index (χ2n) is 6.67. The third-order valence-corrected chi connectivity index (χ3v) is 4.66. The maximum absolute atomic E-state index is 6.08. The third-order valence-electron chi connectivity index (χ3n) is 4.66. The Morgan fingerprint density at radius 2 is 1.62 bits per heavy atom. The van der Waals surface area contributed by atoms with Gasteiger partial charge in [-0.05, 0) is 54.0 Å². The summed E-state index contributed by atoms with van der Waals surface area (Å²) < 4.78 is 12.2. The van der Waals surface area contributed by atoms with E-state index in [1.165, 1.54) is 0 Å². The molecule has 5 heteroatoms. The Hall–Kier alpha value is -1.07. The second-order valence-corrected chi connectivity index (χ2v) is 6.67. The highest BCUT2D eigenvalue weighted by Crippen LogP contribution is 2.36. The van der Waals surface area contributed by atoms with Crippen molar-refractivity contribution in [2.45, 2.75) is 59.7 Å². The lowest BCUT2D eigenvalue weighted by molar-refractivity contribution is 0.00578. The van der Waals surface area contributed by atoms with Crippen LogP contribution in [-0.4, -0.2) is 36.4 Å². The Balaban J connectivity index is 2.26. The summed E-state index contributed by atoms with van der Waals surface area (Å²) in [6, 6.07) is 2.13. The number of aryl methyl sites for hydroxylation is 1. The van der Waals surface area contributed by atoms with E-state index in [2.05, 4.69) is 64.4 Å². The van der Waals surface area contributed by atoms with Crippen LogP contribution in [0, 0.1) is 6.92 Å². The normalized spacial score (nSPS) is 19.9. The molecule has 0 spiro atoms. The molecule has 4 nitrogen and oxygen atoms in total. The topological polar surface area (TPSA) is 34.6 Å². The first-order chi connectivity index (χ1) is 9.71. The Bertz CT molecular complexity index is 497. The van der Waals surface area contributed by atoms with Crippen molar-refractivity contribution in [1.82, 2.24) is 4.98 Å². The van der Waals surface area contributed by atoms with Gasteiger partial charge in [0, 0.05) is 24.7 Å². The number of rotatable bonds is 4. The van der Waals surface area contributed by atoms with E-state index in [1.54, 1.807) is 0 Å². The van der Waals surface area contributed by atoms with Crippen LogP contribution in [0.2, 0.25) is 0 Å². The van der Waals surface area contributed by atoms with Gasteiger partial charge in [-0.1, -0.05) is 6.07 Å². The summed E-state index contributed by atoms with van der Waals surface area (Å²) in [5, 5.41) is 0. The number of pyridine rings is 1. The summed E-state index contributed by atoms with van der Waals surface area (Å²) in [5.74, 6) is 1.04. The Labute approximate surface area is 129 Å². The van der Waals surface area contributed by atoms with Crippen LogP contribution in [0.1, 0.15) is 47.1 Å². The molecule has 1 aromatic heterocycles. The molecule has 2 heterocycles. The quantitative estimate of drug-likeness (QED) is 0.798. The minimum absolute atomic E-state index is 0.316. The fourth-order valence-corrected chi connectivity index (χ4v) is 2.55. The molecule has 0 bridgehead atoms. The van der Waals surface area contributed by atoms with Crippen LogP contribution in [-0.2, 0) is 9.31 Å². The molecule has 0 aromatic carbocycles. The third kappa shape index (κ3) is 2.95. The molecule has 0 aliphatic carbocycles. The van der Waals surface area contributed by atoms with Crippen LogP contribution in [0.3, 0.4) is 0 Å². The monoisotopic (exact) mass is 290 g/mol. The summed E-state index contributed by atoms with van der Waals surface area (Å²) in [7, 11) is -0.341. The smallest absolute Gasteiger partial charge is 0.399 e. The average Bonchev–Trinajstić information content (AvgIpc) is 2.61. The molecule has 1 aliphatic heterocycles. The summed E-state index contributed by atoms with van der Waals surface area (Å²) >= 11 is 0. The molecule has 2 rings (SSSR count). The first kappa shape index (κ1) is 16.3. The van der Waals surface area contributed by atoms with E-state index in [9.17, 15) is 0 Å². The van der Waals surface area contributed by atoms with Gasteiger partial charge in [-0.2, -0.15) is 0 Å². The molecule has 0 unspecified atom stereocenters. The van der Waals surface area contributed by atoms with Crippen LogP contribution < -0.4 is 10.4 Å². The molecule has 116 valence electrons. The number of hydrogen-bond acceptors (Lipinski definition) is 4. The Morgan fingerprint density at radius 1 is 1.10 bits per heavy atom. The summed E-state index contributed by atoms with van der Waals surface area (Å²) in [6.45, 7) is 16.6. The van der Waals surface area contributed by atoms with Crippen molar-refractivity contribution in [3.63, 3.8) is 0 Å². The van der Waals surface area contributed by atoms with Crippen molar-refractivity contribution >= 4 is 18.4 Å².